The van der Waals surface area contributed by atoms with Crippen LogP contribution in [0.1, 0.15) is 42.6 Å². The maximum atomic E-state index is 10.2. The lowest BCUT2D eigenvalue weighted by Gasteiger charge is -2.21. The number of rotatable bonds is 5. The van der Waals surface area contributed by atoms with E-state index >= 15 is 0 Å². The number of methoxy groups -OCH3 is 1. The molecule has 3 heteroatoms. The maximum Gasteiger partial charge on any atom is 0.128 e. The van der Waals surface area contributed by atoms with E-state index in [1.165, 1.54) is 0 Å². The van der Waals surface area contributed by atoms with E-state index in [4.69, 9.17) is 4.74 Å². The van der Waals surface area contributed by atoms with Crippen molar-refractivity contribution in [2.45, 2.75) is 32.8 Å². The van der Waals surface area contributed by atoms with Crippen LogP contribution in [0.3, 0.4) is 0 Å². The Balaban J connectivity index is 3.29. The second kappa shape index (κ2) is 6.03. The standard InChI is InChI=1S/C14H23NO2/c1-9(2)11-7-6-10(3)13(14(11)17-5)12(16)8-15-4/h6-7,9,12,15-16H,8H2,1-5H3. The van der Waals surface area contributed by atoms with Gasteiger partial charge in [0.25, 0.3) is 0 Å². The van der Waals surface area contributed by atoms with Crippen molar-refractivity contribution in [3.63, 3.8) is 0 Å². The van der Waals surface area contributed by atoms with Gasteiger partial charge in [-0.3, -0.25) is 0 Å². The van der Waals surface area contributed by atoms with Gasteiger partial charge in [0.05, 0.1) is 13.2 Å². The second-order valence-electron chi connectivity index (χ2n) is 4.65. The molecular formula is C14H23NO2. The summed E-state index contributed by atoms with van der Waals surface area (Å²) in [6.07, 6.45) is -0.534. The maximum absolute atomic E-state index is 10.2. The van der Waals surface area contributed by atoms with Gasteiger partial charge >= 0.3 is 0 Å². The van der Waals surface area contributed by atoms with Gasteiger partial charge in [0, 0.05) is 12.1 Å². The van der Waals surface area contributed by atoms with Crippen LogP contribution in [0, 0.1) is 6.92 Å². The van der Waals surface area contributed by atoms with Crippen LogP contribution in [0.25, 0.3) is 0 Å². The van der Waals surface area contributed by atoms with Gasteiger partial charge in [0.1, 0.15) is 5.75 Å². The first-order chi connectivity index (χ1) is 8.02. The fourth-order valence-corrected chi connectivity index (χ4v) is 2.11. The van der Waals surface area contributed by atoms with Crippen molar-refractivity contribution in [1.29, 1.82) is 0 Å². The van der Waals surface area contributed by atoms with Gasteiger partial charge in [-0.15, -0.1) is 0 Å². The summed E-state index contributed by atoms with van der Waals surface area (Å²) in [6.45, 7) is 6.78. The van der Waals surface area contributed by atoms with Crippen LogP contribution in [-0.2, 0) is 0 Å². The minimum Gasteiger partial charge on any atom is -0.496 e. The highest BCUT2D eigenvalue weighted by molar-refractivity contribution is 5.48. The Hall–Kier alpha value is -1.06. The molecule has 3 nitrogen and oxygen atoms in total. The predicted molar refractivity (Wildman–Crippen MR) is 70.7 cm³/mol. The molecule has 0 spiro atoms. The molecule has 0 radical (unpaired) electrons. The van der Waals surface area contributed by atoms with Crippen LogP contribution < -0.4 is 10.1 Å². The fraction of sp³-hybridized carbons (Fsp3) is 0.571. The van der Waals surface area contributed by atoms with Gasteiger partial charge in [-0.05, 0) is 31.0 Å². The first kappa shape index (κ1) is 14.0. The first-order valence-corrected chi connectivity index (χ1v) is 6.03. The van der Waals surface area contributed by atoms with Crippen LogP contribution >= 0.6 is 0 Å². The third-order valence-electron chi connectivity index (χ3n) is 3.00. The van der Waals surface area contributed by atoms with E-state index in [1.54, 1.807) is 7.11 Å². The Morgan fingerprint density at radius 3 is 2.47 bits per heavy atom. The summed E-state index contributed by atoms with van der Waals surface area (Å²) < 4.78 is 5.50. The molecule has 0 saturated heterocycles. The molecular weight excluding hydrogens is 214 g/mol. The number of aliphatic hydroxyl groups excluding tert-OH is 1. The minimum absolute atomic E-state index is 0.381. The zero-order chi connectivity index (χ0) is 13.0. The van der Waals surface area contributed by atoms with Crippen LogP contribution in [0.4, 0.5) is 0 Å². The van der Waals surface area contributed by atoms with Gasteiger partial charge in [-0.25, -0.2) is 0 Å². The van der Waals surface area contributed by atoms with Crippen LogP contribution in [0.15, 0.2) is 12.1 Å². The van der Waals surface area contributed by atoms with Crippen molar-refractivity contribution in [3.8, 4) is 5.75 Å². The lowest BCUT2D eigenvalue weighted by molar-refractivity contribution is 0.172. The molecule has 1 rings (SSSR count). The van der Waals surface area contributed by atoms with Gasteiger partial charge in [-0.2, -0.15) is 0 Å². The molecule has 17 heavy (non-hydrogen) atoms. The van der Waals surface area contributed by atoms with E-state index in [1.807, 2.05) is 20.0 Å². The van der Waals surface area contributed by atoms with Gasteiger partial charge < -0.3 is 15.2 Å². The third-order valence-corrected chi connectivity index (χ3v) is 3.00. The highest BCUT2D eigenvalue weighted by Gasteiger charge is 2.19. The van der Waals surface area contributed by atoms with Crippen molar-refractivity contribution in [3.05, 3.63) is 28.8 Å². The average Bonchev–Trinajstić information content (AvgIpc) is 2.28. The summed E-state index contributed by atoms with van der Waals surface area (Å²) in [5.74, 6) is 1.20. The summed E-state index contributed by atoms with van der Waals surface area (Å²) in [5, 5.41) is 13.2. The molecule has 0 amide bonds. The lowest BCUT2D eigenvalue weighted by atomic mass is 9.93. The number of aliphatic hydroxyl groups is 1. The number of benzene rings is 1. The van der Waals surface area contributed by atoms with Crippen molar-refractivity contribution in [2.75, 3.05) is 20.7 Å². The van der Waals surface area contributed by atoms with Crippen LogP contribution in [0.2, 0.25) is 0 Å². The number of hydrogen-bond donors (Lipinski definition) is 2. The Morgan fingerprint density at radius 1 is 1.35 bits per heavy atom. The number of aryl methyl sites for hydroxylation is 1. The highest BCUT2D eigenvalue weighted by atomic mass is 16.5. The molecule has 0 aliphatic heterocycles. The summed E-state index contributed by atoms with van der Waals surface area (Å²) in [4.78, 5) is 0. The molecule has 0 saturated carbocycles. The van der Waals surface area contributed by atoms with Crippen molar-refractivity contribution in [2.24, 2.45) is 0 Å². The molecule has 1 aromatic rings. The summed E-state index contributed by atoms with van der Waals surface area (Å²) in [7, 11) is 3.49. The van der Waals surface area contributed by atoms with E-state index < -0.39 is 6.10 Å². The normalized spacial score (nSPS) is 12.9. The highest BCUT2D eigenvalue weighted by Crippen LogP contribution is 2.35. The second-order valence-corrected chi connectivity index (χ2v) is 4.65. The Kier molecular flexibility index (Phi) is 4.97. The molecule has 0 heterocycles. The van der Waals surface area contributed by atoms with E-state index in [0.29, 0.717) is 12.5 Å². The SMILES string of the molecule is CNCC(O)c1c(C)ccc(C(C)C)c1OC. The number of nitrogens with one attached hydrogen (secondary N) is 1. The molecule has 1 unspecified atom stereocenters. The molecule has 2 N–H and O–H groups in total. The zero-order valence-electron chi connectivity index (χ0n) is 11.4. The Bertz CT molecular complexity index is 375. The molecule has 0 fully saturated rings. The van der Waals surface area contributed by atoms with Crippen molar-refractivity contribution in [1.82, 2.24) is 5.32 Å². The van der Waals surface area contributed by atoms with Crippen LogP contribution in [-0.4, -0.2) is 25.8 Å². The summed E-state index contributed by atoms with van der Waals surface area (Å²) in [6, 6.07) is 4.13. The van der Waals surface area contributed by atoms with Crippen molar-refractivity contribution >= 4 is 0 Å². The summed E-state index contributed by atoms with van der Waals surface area (Å²) >= 11 is 0. The molecule has 0 aromatic heterocycles. The minimum atomic E-state index is -0.534. The monoisotopic (exact) mass is 237 g/mol. The quantitative estimate of drug-likeness (QED) is 0.826. The van der Waals surface area contributed by atoms with Crippen LogP contribution in [0.5, 0.6) is 5.75 Å². The van der Waals surface area contributed by atoms with Gasteiger partial charge in [-0.1, -0.05) is 26.0 Å². The molecule has 96 valence electrons. The topological polar surface area (TPSA) is 41.5 Å². The van der Waals surface area contributed by atoms with Crippen molar-refractivity contribution < 1.29 is 9.84 Å². The van der Waals surface area contributed by atoms with Gasteiger partial charge in [0.15, 0.2) is 0 Å². The Morgan fingerprint density at radius 2 is 2.00 bits per heavy atom. The predicted octanol–water partition coefficient (Wildman–Crippen LogP) is 2.38. The fourth-order valence-electron chi connectivity index (χ4n) is 2.11. The van der Waals surface area contributed by atoms with E-state index in [-0.39, 0.29) is 0 Å². The molecule has 0 bridgehead atoms. The largest absolute Gasteiger partial charge is 0.496 e. The number of hydrogen-bond acceptors (Lipinski definition) is 3. The molecule has 0 aliphatic rings. The zero-order valence-corrected chi connectivity index (χ0v) is 11.4. The molecule has 1 aromatic carbocycles. The smallest absolute Gasteiger partial charge is 0.128 e. The van der Waals surface area contributed by atoms with E-state index in [2.05, 4.69) is 25.2 Å². The first-order valence-electron chi connectivity index (χ1n) is 6.03. The van der Waals surface area contributed by atoms with E-state index in [0.717, 1.165) is 22.4 Å². The van der Waals surface area contributed by atoms with E-state index in [9.17, 15) is 5.11 Å². The average molecular weight is 237 g/mol. The van der Waals surface area contributed by atoms with Gasteiger partial charge in [0.2, 0.25) is 0 Å². The number of ether oxygens (including phenoxy) is 1. The lowest BCUT2D eigenvalue weighted by Crippen LogP contribution is -2.18. The summed E-state index contributed by atoms with van der Waals surface area (Å²) in [5.41, 5.74) is 3.10. The molecule has 0 aliphatic carbocycles. The molecule has 1 atom stereocenters. The number of likely N-dealkylation sites (N-methyl/N-ethyl adjacent to an activating group) is 1. The Labute approximate surface area is 104 Å². The third kappa shape index (κ3) is 2.99.